The van der Waals surface area contributed by atoms with E-state index >= 15 is 0 Å². The summed E-state index contributed by atoms with van der Waals surface area (Å²) in [6.45, 7) is 4.15. The number of aliphatic hydroxyl groups excluding tert-OH is 2. The van der Waals surface area contributed by atoms with Crippen molar-refractivity contribution in [3.05, 3.63) is 0 Å². The molecular formula is C39H79NO3. The van der Waals surface area contributed by atoms with Crippen molar-refractivity contribution in [2.45, 2.75) is 238 Å². The van der Waals surface area contributed by atoms with E-state index in [1.165, 1.54) is 173 Å². The van der Waals surface area contributed by atoms with Crippen molar-refractivity contribution in [1.29, 1.82) is 0 Å². The molecule has 0 rings (SSSR count). The van der Waals surface area contributed by atoms with Gasteiger partial charge in [0.15, 0.2) is 0 Å². The second-order valence-electron chi connectivity index (χ2n) is 13.7. The van der Waals surface area contributed by atoms with Gasteiger partial charge in [-0.05, 0) is 12.8 Å². The highest BCUT2D eigenvalue weighted by Gasteiger charge is 2.19. The lowest BCUT2D eigenvalue weighted by Gasteiger charge is -2.22. The molecule has 2 unspecified atom stereocenters. The molecule has 1 amide bonds. The maximum absolute atomic E-state index is 11.8. The van der Waals surface area contributed by atoms with E-state index in [1.54, 1.807) is 0 Å². The van der Waals surface area contributed by atoms with Crippen LogP contribution in [0.1, 0.15) is 226 Å². The third-order valence-corrected chi connectivity index (χ3v) is 9.37. The van der Waals surface area contributed by atoms with E-state index in [0.29, 0.717) is 12.8 Å². The molecule has 2 atom stereocenters. The monoisotopic (exact) mass is 610 g/mol. The summed E-state index contributed by atoms with van der Waals surface area (Å²) >= 11 is 0. The minimum atomic E-state index is -0.649. The normalized spacial score (nSPS) is 12.9. The SMILES string of the molecule is CCCCCCCCCCCCCCCCCCCCCCCCCCCCCCCC(O)C(CO)NC(=O)CCCC. The Balaban J connectivity index is 3.24. The maximum Gasteiger partial charge on any atom is 0.220 e. The standard InChI is InChI=1S/C39H79NO3/c1-3-5-7-8-9-10-11-12-13-14-15-16-17-18-19-20-21-22-23-24-25-26-27-28-29-30-31-32-33-34-38(42)37(36-41)40-39(43)35-6-4-2/h37-38,41-42H,3-36H2,1-2H3,(H,40,43). The van der Waals surface area contributed by atoms with Crippen molar-refractivity contribution in [2.75, 3.05) is 6.61 Å². The predicted octanol–water partition coefficient (Wildman–Crippen LogP) is 11.7. The Morgan fingerprint density at radius 3 is 1.02 bits per heavy atom. The van der Waals surface area contributed by atoms with Crippen LogP contribution in [0.15, 0.2) is 0 Å². The van der Waals surface area contributed by atoms with Crippen LogP contribution in [0.5, 0.6) is 0 Å². The zero-order valence-corrected chi connectivity index (χ0v) is 29.5. The van der Waals surface area contributed by atoms with Crippen LogP contribution in [0.25, 0.3) is 0 Å². The molecule has 4 nitrogen and oxygen atoms in total. The van der Waals surface area contributed by atoms with Crippen LogP contribution in [0, 0.1) is 0 Å². The molecule has 0 saturated heterocycles. The third-order valence-electron chi connectivity index (χ3n) is 9.37. The summed E-state index contributed by atoms with van der Waals surface area (Å²) in [6, 6.07) is -0.525. The van der Waals surface area contributed by atoms with Crippen molar-refractivity contribution < 1.29 is 15.0 Å². The summed E-state index contributed by atoms with van der Waals surface area (Å²) in [4.78, 5) is 11.8. The summed E-state index contributed by atoms with van der Waals surface area (Å²) < 4.78 is 0. The fraction of sp³-hybridized carbons (Fsp3) is 0.974. The van der Waals surface area contributed by atoms with Gasteiger partial charge in [-0.15, -0.1) is 0 Å². The fourth-order valence-corrected chi connectivity index (χ4v) is 6.28. The Labute approximate surface area is 270 Å². The van der Waals surface area contributed by atoms with Crippen LogP contribution in [0.3, 0.4) is 0 Å². The molecule has 0 bridgehead atoms. The highest BCUT2D eigenvalue weighted by Crippen LogP contribution is 2.17. The van der Waals surface area contributed by atoms with Crippen molar-refractivity contribution in [2.24, 2.45) is 0 Å². The first-order chi connectivity index (χ1) is 21.2. The fourth-order valence-electron chi connectivity index (χ4n) is 6.28. The van der Waals surface area contributed by atoms with Crippen molar-refractivity contribution in [3.63, 3.8) is 0 Å². The highest BCUT2D eigenvalue weighted by molar-refractivity contribution is 5.76. The van der Waals surface area contributed by atoms with Gasteiger partial charge in [-0.2, -0.15) is 0 Å². The van der Waals surface area contributed by atoms with Gasteiger partial charge in [0.2, 0.25) is 5.91 Å². The number of carbonyl (C=O) groups is 1. The van der Waals surface area contributed by atoms with Crippen LogP contribution in [0.2, 0.25) is 0 Å². The molecular weight excluding hydrogens is 530 g/mol. The molecule has 3 N–H and O–H groups in total. The Morgan fingerprint density at radius 1 is 0.465 bits per heavy atom. The second-order valence-corrected chi connectivity index (χ2v) is 13.7. The molecule has 258 valence electrons. The molecule has 0 spiro atoms. The van der Waals surface area contributed by atoms with E-state index in [4.69, 9.17) is 0 Å². The largest absolute Gasteiger partial charge is 0.394 e. The van der Waals surface area contributed by atoms with Gasteiger partial charge in [0, 0.05) is 6.42 Å². The van der Waals surface area contributed by atoms with Gasteiger partial charge in [0.25, 0.3) is 0 Å². The lowest BCUT2D eigenvalue weighted by molar-refractivity contribution is -0.123. The van der Waals surface area contributed by atoms with Crippen molar-refractivity contribution in [1.82, 2.24) is 5.32 Å². The van der Waals surface area contributed by atoms with Crippen LogP contribution < -0.4 is 5.32 Å². The van der Waals surface area contributed by atoms with E-state index in [9.17, 15) is 15.0 Å². The average Bonchev–Trinajstić information content (AvgIpc) is 3.01. The molecule has 0 heterocycles. The van der Waals surface area contributed by atoms with E-state index < -0.39 is 12.1 Å². The van der Waals surface area contributed by atoms with Gasteiger partial charge in [-0.1, -0.05) is 206 Å². The Hall–Kier alpha value is -0.610. The minimum absolute atomic E-state index is 0.0643. The second kappa shape index (κ2) is 35.9. The number of hydrogen-bond donors (Lipinski definition) is 3. The molecule has 0 fully saturated rings. The minimum Gasteiger partial charge on any atom is -0.394 e. The van der Waals surface area contributed by atoms with Crippen LogP contribution in [-0.4, -0.2) is 34.9 Å². The molecule has 0 aromatic rings. The Bertz CT molecular complexity index is 541. The van der Waals surface area contributed by atoms with E-state index in [0.717, 1.165) is 25.7 Å². The summed E-state index contributed by atoms with van der Waals surface area (Å²) in [5.74, 6) is -0.0643. The van der Waals surface area contributed by atoms with Gasteiger partial charge < -0.3 is 15.5 Å². The highest BCUT2D eigenvalue weighted by atomic mass is 16.3. The van der Waals surface area contributed by atoms with Gasteiger partial charge in [0.1, 0.15) is 0 Å². The lowest BCUT2D eigenvalue weighted by Crippen LogP contribution is -2.45. The smallest absolute Gasteiger partial charge is 0.220 e. The Morgan fingerprint density at radius 2 is 0.744 bits per heavy atom. The quantitative estimate of drug-likeness (QED) is 0.0619. The molecule has 0 aromatic heterocycles. The topological polar surface area (TPSA) is 69.6 Å². The number of carbonyl (C=O) groups excluding carboxylic acids is 1. The van der Waals surface area contributed by atoms with Gasteiger partial charge in [-0.25, -0.2) is 0 Å². The predicted molar refractivity (Wildman–Crippen MR) is 189 cm³/mol. The number of rotatable bonds is 36. The van der Waals surface area contributed by atoms with Crippen LogP contribution in [0.4, 0.5) is 0 Å². The molecule has 0 aliphatic heterocycles. The van der Waals surface area contributed by atoms with E-state index in [1.807, 2.05) is 0 Å². The van der Waals surface area contributed by atoms with Crippen molar-refractivity contribution >= 4 is 5.91 Å². The molecule has 0 aliphatic rings. The summed E-state index contributed by atoms with van der Waals surface area (Å²) in [6.07, 6.45) is 42.8. The first-order valence-corrected chi connectivity index (χ1v) is 19.7. The summed E-state index contributed by atoms with van der Waals surface area (Å²) in [5, 5.41) is 22.6. The van der Waals surface area contributed by atoms with E-state index in [2.05, 4.69) is 19.2 Å². The first kappa shape index (κ1) is 42.4. The lowest BCUT2D eigenvalue weighted by atomic mass is 10.0. The van der Waals surface area contributed by atoms with Crippen LogP contribution in [-0.2, 0) is 4.79 Å². The van der Waals surface area contributed by atoms with Crippen LogP contribution >= 0.6 is 0 Å². The van der Waals surface area contributed by atoms with E-state index in [-0.39, 0.29) is 12.5 Å². The summed E-state index contributed by atoms with van der Waals surface area (Å²) in [7, 11) is 0. The number of aliphatic hydroxyl groups is 2. The summed E-state index contributed by atoms with van der Waals surface area (Å²) in [5.41, 5.74) is 0. The molecule has 0 aromatic carbocycles. The first-order valence-electron chi connectivity index (χ1n) is 19.7. The Kier molecular flexibility index (Phi) is 35.4. The van der Waals surface area contributed by atoms with Gasteiger partial charge in [-0.3, -0.25) is 4.79 Å². The van der Waals surface area contributed by atoms with Gasteiger partial charge >= 0.3 is 0 Å². The molecule has 0 saturated carbocycles. The van der Waals surface area contributed by atoms with Crippen molar-refractivity contribution in [3.8, 4) is 0 Å². The maximum atomic E-state index is 11.8. The third kappa shape index (κ3) is 32.6. The molecule has 0 aliphatic carbocycles. The number of unbranched alkanes of at least 4 members (excludes halogenated alkanes) is 29. The molecule has 43 heavy (non-hydrogen) atoms. The number of nitrogens with one attached hydrogen (secondary N) is 1. The average molecular weight is 610 g/mol. The molecule has 4 heteroatoms. The zero-order valence-electron chi connectivity index (χ0n) is 29.5. The van der Waals surface area contributed by atoms with Gasteiger partial charge in [0.05, 0.1) is 18.8 Å². The molecule has 0 radical (unpaired) electrons. The number of hydrogen-bond acceptors (Lipinski definition) is 3. The number of amides is 1. The zero-order chi connectivity index (χ0) is 31.5.